The fraction of sp³-hybridized carbons (Fsp3) is 0.615. The van der Waals surface area contributed by atoms with Crippen molar-refractivity contribution >= 4 is 17.1 Å². The smallest absolute Gasteiger partial charge is 0.133 e. The van der Waals surface area contributed by atoms with Gasteiger partial charge in [0.15, 0.2) is 0 Å². The van der Waals surface area contributed by atoms with E-state index in [1.54, 1.807) is 0 Å². The number of carbonyl (C=O) groups excluding carboxylic acids is 1. The molecule has 0 aliphatic heterocycles. The quantitative estimate of drug-likeness (QED) is 0.714. The number of Topliss-reactive ketones (excluding diaryl/α,β-unsaturated/α-hetero) is 1. The second-order valence-electron chi connectivity index (χ2n) is 4.31. The molecule has 0 spiro atoms. The van der Waals surface area contributed by atoms with Crippen LogP contribution in [0.3, 0.4) is 0 Å². The Labute approximate surface area is 96.5 Å². The molecular formula is C13H20OS. The summed E-state index contributed by atoms with van der Waals surface area (Å²) in [5, 5.41) is 0. The van der Waals surface area contributed by atoms with Crippen molar-refractivity contribution in [1.82, 2.24) is 0 Å². The van der Waals surface area contributed by atoms with Gasteiger partial charge >= 0.3 is 0 Å². The van der Waals surface area contributed by atoms with Gasteiger partial charge in [0.05, 0.1) is 0 Å². The molecule has 0 bridgehead atoms. The highest BCUT2D eigenvalue weighted by atomic mass is 32.1. The molecule has 0 saturated carbocycles. The number of thiophene rings is 1. The van der Waals surface area contributed by atoms with E-state index < -0.39 is 0 Å². The Morgan fingerprint density at radius 2 is 2.20 bits per heavy atom. The average Bonchev–Trinajstić information content (AvgIpc) is 2.51. The number of rotatable bonds is 6. The summed E-state index contributed by atoms with van der Waals surface area (Å²) in [6.45, 7) is 6.36. The van der Waals surface area contributed by atoms with Crippen LogP contribution in [-0.4, -0.2) is 5.78 Å². The molecule has 0 aromatic carbocycles. The molecule has 1 aromatic heterocycles. The minimum Gasteiger partial charge on any atom is -0.300 e. The van der Waals surface area contributed by atoms with Gasteiger partial charge in [0.1, 0.15) is 5.78 Å². The van der Waals surface area contributed by atoms with Crippen LogP contribution in [0, 0.1) is 12.8 Å². The van der Waals surface area contributed by atoms with Gasteiger partial charge in [0.2, 0.25) is 0 Å². The lowest BCUT2D eigenvalue weighted by Gasteiger charge is -2.08. The molecule has 1 nitrogen and oxygen atoms in total. The lowest BCUT2D eigenvalue weighted by Crippen LogP contribution is -2.06. The third-order valence-corrected chi connectivity index (χ3v) is 3.47. The molecular weight excluding hydrogens is 204 g/mol. The van der Waals surface area contributed by atoms with Gasteiger partial charge in [0.25, 0.3) is 0 Å². The van der Waals surface area contributed by atoms with Crippen LogP contribution in [0.4, 0.5) is 0 Å². The summed E-state index contributed by atoms with van der Waals surface area (Å²) in [6, 6.07) is 4.33. The summed E-state index contributed by atoms with van der Waals surface area (Å²) < 4.78 is 0. The van der Waals surface area contributed by atoms with Crippen LogP contribution < -0.4 is 0 Å². The summed E-state index contributed by atoms with van der Waals surface area (Å²) in [6.07, 6.45) is 3.51. The number of carbonyl (C=O) groups is 1. The van der Waals surface area contributed by atoms with Gasteiger partial charge in [-0.25, -0.2) is 0 Å². The number of hydrogen-bond acceptors (Lipinski definition) is 2. The van der Waals surface area contributed by atoms with Gasteiger partial charge in [-0.1, -0.05) is 13.8 Å². The molecule has 2 heteroatoms. The number of aryl methyl sites for hydroxylation is 1. The van der Waals surface area contributed by atoms with Gasteiger partial charge in [-0.3, -0.25) is 4.79 Å². The zero-order chi connectivity index (χ0) is 11.3. The molecule has 0 aliphatic rings. The molecule has 1 unspecified atom stereocenters. The van der Waals surface area contributed by atoms with Crippen LogP contribution in [0.25, 0.3) is 0 Å². The van der Waals surface area contributed by atoms with E-state index in [1.165, 1.54) is 9.75 Å². The minimum absolute atomic E-state index is 0.415. The molecule has 0 aliphatic carbocycles. The lowest BCUT2D eigenvalue weighted by atomic mass is 9.98. The molecule has 84 valence electrons. The van der Waals surface area contributed by atoms with E-state index >= 15 is 0 Å². The SMILES string of the molecule is CCCC(=O)CC(C)Cc1ccc(C)s1. The summed E-state index contributed by atoms with van der Waals surface area (Å²) in [5.41, 5.74) is 0. The highest BCUT2D eigenvalue weighted by Gasteiger charge is 2.10. The molecule has 1 heterocycles. The fourth-order valence-corrected chi connectivity index (χ4v) is 2.83. The molecule has 1 rings (SSSR count). The first-order valence-electron chi connectivity index (χ1n) is 5.68. The van der Waals surface area contributed by atoms with Crippen LogP contribution in [0.5, 0.6) is 0 Å². The molecule has 0 radical (unpaired) electrons. The monoisotopic (exact) mass is 224 g/mol. The van der Waals surface area contributed by atoms with Gasteiger partial charge in [0, 0.05) is 22.6 Å². The van der Waals surface area contributed by atoms with E-state index in [-0.39, 0.29) is 0 Å². The molecule has 15 heavy (non-hydrogen) atoms. The second-order valence-corrected chi connectivity index (χ2v) is 5.69. The van der Waals surface area contributed by atoms with Crippen molar-refractivity contribution in [3.8, 4) is 0 Å². The minimum atomic E-state index is 0.415. The summed E-state index contributed by atoms with van der Waals surface area (Å²) in [4.78, 5) is 14.2. The van der Waals surface area contributed by atoms with Crippen molar-refractivity contribution in [3.63, 3.8) is 0 Å². The van der Waals surface area contributed by atoms with E-state index in [4.69, 9.17) is 0 Å². The number of ketones is 1. The third-order valence-electron chi connectivity index (χ3n) is 2.45. The first-order valence-corrected chi connectivity index (χ1v) is 6.50. The van der Waals surface area contributed by atoms with Gasteiger partial charge in [-0.2, -0.15) is 0 Å². The Kier molecular flexibility index (Phi) is 5.03. The Balaban J connectivity index is 2.35. The summed E-state index contributed by atoms with van der Waals surface area (Å²) >= 11 is 1.85. The Hall–Kier alpha value is -0.630. The van der Waals surface area contributed by atoms with Crippen molar-refractivity contribution in [2.24, 2.45) is 5.92 Å². The topological polar surface area (TPSA) is 17.1 Å². The average molecular weight is 224 g/mol. The van der Waals surface area contributed by atoms with Gasteiger partial charge in [-0.05, 0) is 37.8 Å². The van der Waals surface area contributed by atoms with Crippen LogP contribution >= 0.6 is 11.3 Å². The van der Waals surface area contributed by atoms with Crippen molar-refractivity contribution in [3.05, 3.63) is 21.9 Å². The highest BCUT2D eigenvalue weighted by Crippen LogP contribution is 2.20. The molecule has 0 amide bonds. The number of hydrogen-bond donors (Lipinski definition) is 0. The second kappa shape index (κ2) is 6.06. The van der Waals surface area contributed by atoms with E-state index in [0.29, 0.717) is 11.7 Å². The van der Waals surface area contributed by atoms with Crippen LogP contribution in [0.1, 0.15) is 42.9 Å². The molecule has 1 atom stereocenters. The fourth-order valence-electron chi connectivity index (χ4n) is 1.78. The van der Waals surface area contributed by atoms with Crippen LogP contribution in [-0.2, 0) is 11.2 Å². The Morgan fingerprint density at radius 1 is 1.47 bits per heavy atom. The zero-order valence-electron chi connectivity index (χ0n) is 9.88. The van der Waals surface area contributed by atoms with Gasteiger partial charge < -0.3 is 0 Å². The van der Waals surface area contributed by atoms with Crippen molar-refractivity contribution in [2.75, 3.05) is 0 Å². The third kappa shape index (κ3) is 4.61. The van der Waals surface area contributed by atoms with E-state index in [9.17, 15) is 4.79 Å². The van der Waals surface area contributed by atoms with Crippen molar-refractivity contribution in [2.45, 2.75) is 46.5 Å². The highest BCUT2D eigenvalue weighted by molar-refractivity contribution is 7.11. The van der Waals surface area contributed by atoms with Gasteiger partial charge in [-0.15, -0.1) is 11.3 Å². The zero-order valence-corrected chi connectivity index (χ0v) is 10.7. The Bertz CT molecular complexity index is 314. The standard InChI is InChI=1S/C13H20OS/c1-4-5-12(14)8-10(2)9-13-7-6-11(3)15-13/h6-7,10H,4-5,8-9H2,1-3H3. The van der Waals surface area contributed by atoms with Crippen LogP contribution in [0.15, 0.2) is 12.1 Å². The maximum Gasteiger partial charge on any atom is 0.133 e. The molecule has 1 aromatic rings. The first-order chi connectivity index (χ1) is 7.11. The Morgan fingerprint density at radius 3 is 2.73 bits per heavy atom. The van der Waals surface area contributed by atoms with Crippen LogP contribution in [0.2, 0.25) is 0 Å². The van der Waals surface area contributed by atoms with Crippen molar-refractivity contribution < 1.29 is 4.79 Å². The first kappa shape index (κ1) is 12.4. The maximum atomic E-state index is 11.5. The molecule has 0 N–H and O–H groups in total. The van der Waals surface area contributed by atoms with Crippen molar-refractivity contribution in [1.29, 1.82) is 0 Å². The summed E-state index contributed by atoms with van der Waals surface area (Å²) in [5.74, 6) is 0.903. The predicted octanol–water partition coefficient (Wildman–Crippen LogP) is 3.99. The maximum absolute atomic E-state index is 11.5. The largest absolute Gasteiger partial charge is 0.300 e. The normalized spacial score (nSPS) is 12.7. The van der Waals surface area contributed by atoms with E-state index in [1.807, 2.05) is 11.3 Å². The summed E-state index contributed by atoms with van der Waals surface area (Å²) in [7, 11) is 0. The predicted molar refractivity (Wildman–Crippen MR) is 66.5 cm³/mol. The lowest BCUT2D eigenvalue weighted by molar-refractivity contribution is -0.119. The van der Waals surface area contributed by atoms with E-state index in [2.05, 4.69) is 32.9 Å². The molecule has 0 saturated heterocycles. The molecule has 0 fully saturated rings. The van der Waals surface area contributed by atoms with E-state index in [0.717, 1.165) is 25.7 Å².